The van der Waals surface area contributed by atoms with Crippen LogP contribution in [-0.4, -0.2) is 26.8 Å². The van der Waals surface area contributed by atoms with Gasteiger partial charge in [-0.05, 0) is 44.1 Å². The van der Waals surface area contributed by atoms with Crippen LogP contribution in [0, 0.1) is 6.92 Å². The van der Waals surface area contributed by atoms with Crippen molar-refractivity contribution in [3.63, 3.8) is 0 Å². The highest BCUT2D eigenvalue weighted by atomic mass is 35.5. The maximum absolute atomic E-state index is 6.33. The fourth-order valence-corrected chi connectivity index (χ4v) is 2.25. The van der Waals surface area contributed by atoms with Crippen LogP contribution >= 0.6 is 11.6 Å². The quantitative estimate of drug-likeness (QED) is 0.880. The van der Waals surface area contributed by atoms with Crippen molar-refractivity contribution in [2.45, 2.75) is 13.3 Å². The van der Waals surface area contributed by atoms with E-state index in [-0.39, 0.29) is 0 Å². The van der Waals surface area contributed by atoms with E-state index in [1.807, 2.05) is 13.1 Å². The predicted octanol–water partition coefficient (Wildman–Crippen LogP) is 2.18. The van der Waals surface area contributed by atoms with Crippen molar-refractivity contribution in [2.75, 3.05) is 26.8 Å². The molecule has 1 aromatic carbocycles. The van der Waals surface area contributed by atoms with Gasteiger partial charge in [0.25, 0.3) is 0 Å². The number of benzene rings is 1. The van der Waals surface area contributed by atoms with Crippen molar-refractivity contribution in [2.24, 2.45) is 0 Å². The first-order valence-corrected chi connectivity index (χ1v) is 5.84. The second-order valence-electron chi connectivity index (χ2n) is 3.86. The van der Waals surface area contributed by atoms with Gasteiger partial charge in [0.2, 0.25) is 0 Å². The molecule has 0 aromatic heterocycles. The SMILES string of the molecule is CNCCc1c(C)cc2c(c1Cl)OCCO2. The van der Waals surface area contributed by atoms with Gasteiger partial charge in [0.05, 0.1) is 5.02 Å². The van der Waals surface area contributed by atoms with E-state index < -0.39 is 0 Å². The molecule has 0 spiro atoms. The Morgan fingerprint density at radius 1 is 1.38 bits per heavy atom. The molecule has 0 atom stereocenters. The summed E-state index contributed by atoms with van der Waals surface area (Å²) in [7, 11) is 1.93. The lowest BCUT2D eigenvalue weighted by atomic mass is 10.0. The third-order valence-electron chi connectivity index (χ3n) is 2.72. The summed E-state index contributed by atoms with van der Waals surface area (Å²) in [6.45, 7) is 4.12. The van der Waals surface area contributed by atoms with Gasteiger partial charge in [-0.15, -0.1) is 0 Å². The van der Waals surface area contributed by atoms with Crippen LogP contribution in [-0.2, 0) is 6.42 Å². The second-order valence-corrected chi connectivity index (χ2v) is 4.24. The summed E-state index contributed by atoms with van der Waals surface area (Å²) >= 11 is 6.33. The van der Waals surface area contributed by atoms with E-state index in [9.17, 15) is 0 Å². The van der Waals surface area contributed by atoms with Gasteiger partial charge in [0.1, 0.15) is 13.2 Å². The van der Waals surface area contributed by atoms with Crippen LogP contribution in [0.1, 0.15) is 11.1 Å². The standard InChI is InChI=1S/C12H16ClNO2/c1-8-7-10-12(16-6-5-15-10)11(13)9(8)3-4-14-2/h7,14H,3-6H2,1-2H3. The molecular formula is C12H16ClNO2. The zero-order chi connectivity index (χ0) is 11.5. The Kier molecular flexibility index (Phi) is 3.56. The lowest BCUT2D eigenvalue weighted by molar-refractivity contribution is 0.171. The molecule has 1 aliphatic rings. The van der Waals surface area contributed by atoms with Gasteiger partial charge in [0, 0.05) is 0 Å². The Morgan fingerprint density at radius 2 is 2.12 bits per heavy atom. The topological polar surface area (TPSA) is 30.5 Å². The Bertz CT molecular complexity index is 393. The van der Waals surface area contributed by atoms with Crippen molar-refractivity contribution >= 4 is 11.6 Å². The first-order valence-electron chi connectivity index (χ1n) is 5.46. The molecule has 1 N–H and O–H groups in total. The summed E-state index contributed by atoms with van der Waals surface area (Å²) in [6, 6.07) is 2.01. The van der Waals surface area contributed by atoms with Gasteiger partial charge in [0.15, 0.2) is 11.5 Å². The molecule has 0 saturated carbocycles. The first-order chi connectivity index (χ1) is 7.74. The number of ether oxygens (including phenoxy) is 2. The minimum Gasteiger partial charge on any atom is -0.486 e. The molecular weight excluding hydrogens is 226 g/mol. The number of fused-ring (bicyclic) bond motifs is 1. The molecule has 2 rings (SSSR count). The van der Waals surface area contributed by atoms with E-state index in [1.54, 1.807) is 0 Å². The molecule has 1 heterocycles. The van der Waals surface area contributed by atoms with Crippen LogP contribution in [0.2, 0.25) is 5.02 Å². The highest BCUT2D eigenvalue weighted by Gasteiger charge is 2.19. The Balaban J connectivity index is 2.37. The summed E-state index contributed by atoms with van der Waals surface area (Å²) in [5.74, 6) is 1.46. The third kappa shape index (κ3) is 2.11. The fourth-order valence-electron chi connectivity index (χ4n) is 1.86. The lowest BCUT2D eigenvalue weighted by Gasteiger charge is -2.22. The molecule has 0 unspecified atom stereocenters. The molecule has 0 fully saturated rings. The van der Waals surface area contributed by atoms with Crippen LogP contribution in [0.5, 0.6) is 11.5 Å². The number of rotatable bonds is 3. The summed E-state index contributed by atoms with van der Waals surface area (Å²) in [6.07, 6.45) is 0.901. The van der Waals surface area contributed by atoms with E-state index in [0.29, 0.717) is 24.0 Å². The minimum atomic E-state index is 0.571. The van der Waals surface area contributed by atoms with Gasteiger partial charge in [-0.2, -0.15) is 0 Å². The van der Waals surface area contributed by atoms with Crippen LogP contribution in [0.4, 0.5) is 0 Å². The van der Waals surface area contributed by atoms with Gasteiger partial charge in [-0.25, -0.2) is 0 Å². The number of hydrogen-bond donors (Lipinski definition) is 1. The Hall–Kier alpha value is -0.930. The van der Waals surface area contributed by atoms with Crippen molar-refractivity contribution in [3.05, 3.63) is 22.2 Å². The predicted molar refractivity (Wildman–Crippen MR) is 64.8 cm³/mol. The molecule has 0 amide bonds. The summed E-state index contributed by atoms with van der Waals surface area (Å²) in [4.78, 5) is 0. The summed E-state index contributed by atoms with van der Waals surface area (Å²) < 4.78 is 11.1. The van der Waals surface area contributed by atoms with E-state index >= 15 is 0 Å². The average Bonchev–Trinajstić information content (AvgIpc) is 2.29. The number of aryl methyl sites for hydroxylation is 1. The number of likely N-dealkylation sites (N-methyl/N-ethyl adjacent to an activating group) is 1. The number of hydrogen-bond acceptors (Lipinski definition) is 3. The number of nitrogens with one attached hydrogen (secondary N) is 1. The molecule has 88 valence electrons. The normalized spacial score (nSPS) is 13.9. The smallest absolute Gasteiger partial charge is 0.180 e. The molecule has 16 heavy (non-hydrogen) atoms. The second kappa shape index (κ2) is 4.93. The van der Waals surface area contributed by atoms with Gasteiger partial charge < -0.3 is 14.8 Å². The number of halogens is 1. The van der Waals surface area contributed by atoms with Crippen LogP contribution < -0.4 is 14.8 Å². The van der Waals surface area contributed by atoms with Crippen LogP contribution in [0.15, 0.2) is 6.07 Å². The minimum absolute atomic E-state index is 0.571. The fraction of sp³-hybridized carbons (Fsp3) is 0.500. The van der Waals surface area contributed by atoms with E-state index in [1.165, 1.54) is 0 Å². The van der Waals surface area contributed by atoms with Crippen molar-refractivity contribution < 1.29 is 9.47 Å². The molecule has 4 heteroatoms. The van der Waals surface area contributed by atoms with Crippen molar-refractivity contribution in [1.29, 1.82) is 0 Å². The highest BCUT2D eigenvalue weighted by molar-refractivity contribution is 6.33. The zero-order valence-electron chi connectivity index (χ0n) is 9.60. The Labute approximate surface area is 101 Å². The van der Waals surface area contributed by atoms with E-state index in [2.05, 4.69) is 12.2 Å². The largest absolute Gasteiger partial charge is 0.486 e. The van der Waals surface area contributed by atoms with E-state index in [0.717, 1.165) is 29.8 Å². The average molecular weight is 242 g/mol. The molecule has 0 aliphatic carbocycles. The summed E-state index contributed by atoms with van der Waals surface area (Å²) in [5.41, 5.74) is 2.30. The monoisotopic (exact) mass is 241 g/mol. The molecule has 0 bridgehead atoms. The maximum Gasteiger partial charge on any atom is 0.180 e. The molecule has 1 aromatic rings. The highest BCUT2D eigenvalue weighted by Crippen LogP contribution is 2.41. The summed E-state index contributed by atoms with van der Waals surface area (Å²) in [5, 5.41) is 3.82. The third-order valence-corrected chi connectivity index (χ3v) is 3.12. The lowest BCUT2D eigenvalue weighted by Crippen LogP contribution is -2.17. The van der Waals surface area contributed by atoms with Gasteiger partial charge in [-0.1, -0.05) is 11.6 Å². The maximum atomic E-state index is 6.33. The Morgan fingerprint density at radius 3 is 2.88 bits per heavy atom. The van der Waals surface area contributed by atoms with Crippen LogP contribution in [0.3, 0.4) is 0 Å². The first kappa shape index (κ1) is 11.6. The van der Waals surface area contributed by atoms with E-state index in [4.69, 9.17) is 21.1 Å². The zero-order valence-corrected chi connectivity index (χ0v) is 10.4. The molecule has 3 nitrogen and oxygen atoms in total. The van der Waals surface area contributed by atoms with Crippen LogP contribution in [0.25, 0.3) is 0 Å². The van der Waals surface area contributed by atoms with Gasteiger partial charge in [-0.3, -0.25) is 0 Å². The van der Waals surface area contributed by atoms with Gasteiger partial charge >= 0.3 is 0 Å². The van der Waals surface area contributed by atoms with Crippen molar-refractivity contribution in [1.82, 2.24) is 5.32 Å². The molecule has 0 radical (unpaired) electrons. The van der Waals surface area contributed by atoms with Crippen molar-refractivity contribution in [3.8, 4) is 11.5 Å². The molecule has 0 saturated heterocycles. The molecule has 1 aliphatic heterocycles.